The van der Waals surface area contributed by atoms with Crippen LogP contribution in [0.5, 0.6) is 0 Å². The first-order chi connectivity index (χ1) is 13.8. The van der Waals surface area contributed by atoms with Crippen LogP contribution in [0.25, 0.3) is 0 Å². The number of rotatable bonds is 9. The van der Waals surface area contributed by atoms with Gasteiger partial charge in [-0.25, -0.2) is 0 Å². The third-order valence-electron chi connectivity index (χ3n) is 4.89. The highest BCUT2D eigenvalue weighted by Gasteiger charge is 2.58. The Balaban J connectivity index is 1.79. The van der Waals surface area contributed by atoms with E-state index >= 15 is 0 Å². The molecule has 1 aromatic carbocycles. The van der Waals surface area contributed by atoms with E-state index in [0.29, 0.717) is 0 Å². The van der Waals surface area contributed by atoms with Gasteiger partial charge in [0.2, 0.25) is 6.54 Å². The largest absolute Gasteiger partial charge is 0.466 e. The number of hydrogen-bond donors (Lipinski definition) is 0. The van der Waals surface area contributed by atoms with E-state index in [1.807, 2.05) is 30.3 Å². The van der Waals surface area contributed by atoms with Crippen LogP contribution in [-0.4, -0.2) is 54.4 Å². The zero-order valence-electron chi connectivity index (χ0n) is 16.8. The van der Waals surface area contributed by atoms with Crippen LogP contribution in [0.1, 0.15) is 32.8 Å². The maximum Gasteiger partial charge on any atom is 0.306 e. The van der Waals surface area contributed by atoms with Gasteiger partial charge in [-0.15, -0.1) is 0 Å². The highest BCUT2D eigenvalue weighted by atomic mass is 16.8. The van der Waals surface area contributed by atoms with Gasteiger partial charge in [0.25, 0.3) is 0 Å². The Kier molecular flexibility index (Phi) is 6.84. The standard InChI is InChI=1S/C20H27NO8/c1-4-25-15(22)10-14(11-21(23)24)16-17(26-12-13-8-6-5-7-9-13)18-19(27-16)29-20(2,3)28-18/h5-9,14,16-19H,4,10-12H2,1-3H3/t14-,16-,17+,18-,19-/m1/s1. The van der Waals surface area contributed by atoms with E-state index in [1.54, 1.807) is 20.8 Å². The molecule has 0 N–H and O–H groups in total. The maximum absolute atomic E-state index is 12.0. The van der Waals surface area contributed by atoms with Gasteiger partial charge in [0.15, 0.2) is 12.1 Å². The highest BCUT2D eigenvalue weighted by Crippen LogP contribution is 2.41. The summed E-state index contributed by atoms with van der Waals surface area (Å²) in [5, 5.41) is 11.2. The zero-order valence-corrected chi connectivity index (χ0v) is 16.8. The third-order valence-corrected chi connectivity index (χ3v) is 4.89. The molecular formula is C20H27NO8. The lowest BCUT2D eigenvalue weighted by atomic mass is 9.93. The van der Waals surface area contributed by atoms with Crippen LogP contribution in [0.3, 0.4) is 0 Å². The molecule has 160 valence electrons. The predicted octanol–water partition coefficient (Wildman–Crippen LogP) is 2.29. The molecule has 9 nitrogen and oxygen atoms in total. The van der Waals surface area contributed by atoms with Crippen molar-refractivity contribution in [1.82, 2.24) is 0 Å². The molecule has 2 fully saturated rings. The van der Waals surface area contributed by atoms with Crippen LogP contribution < -0.4 is 0 Å². The van der Waals surface area contributed by atoms with Gasteiger partial charge in [-0.2, -0.15) is 0 Å². The van der Waals surface area contributed by atoms with Gasteiger partial charge in [-0.05, 0) is 26.3 Å². The fourth-order valence-corrected chi connectivity index (χ4v) is 3.75. The molecule has 2 aliphatic rings. The normalized spacial score (nSPS) is 28.7. The van der Waals surface area contributed by atoms with Crippen LogP contribution in [0.2, 0.25) is 0 Å². The van der Waals surface area contributed by atoms with Crippen molar-refractivity contribution in [2.45, 2.75) is 64.2 Å². The number of nitro groups is 1. The average Bonchev–Trinajstić information content (AvgIpc) is 3.12. The van der Waals surface area contributed by atoms with Gasteiger partial charge >= 0.3 is 5.97 Å². The molecular weight excluding hydrogens is 382 g/mol. The van der Waals surface area contributed by atoms with Crippen LogP contribution in [0, 0.1) is 16.0 Å². The zero-order chi connectivity index (χ0) is 21.0. The average molecular weight is 409 g/mol. The first-order valence-corrected chi connectivity index (χ1v) is 9.73. The van der Waals surface area contributed by atoms with E-state index < -0.39 is 53.7 Å². The minimum absolute atomic E-state index is 0.145. The SMILES string of the molecule is CCOC(=O)C[C@H](C[N+](=O)[O-])[C@H]1O[C@@H]2OC(C)(C)O[C@@H]2[C@H]1OCc1ccccc1. The van der Waals surface area contributed by atoms with Gasteiger partial charge in [0, 0.05) is 4.92 Å². The summed E-state index contributed by atoms with van der Waals surface area (Å²) in [7, 11) is 0. The van der Waals surface area contributed by atoms with Crippen LogP contribution in [-0.2, 0) is 35.1 Å². The molecule has 0 aliphatic carbocycles. The number of fused-ring (bicyclic) bond motifs is 1. The summed E-state index contributed by atoms with van der Waals surface area (Å²) >= 11 is 0. The Morgan fingerprint density at radius 1 is 1.28 bits per heavy atom. The molecule has 1 aromatic rings. The molecule has 0 bridgehead atoms. The van der Waals surface area contributed by atoms with E-state index in [2.05, 4.69) is 0 Å². The van der Waals surface area contributed by atoms with Gasteiger partial charge in [0.05, 0.1) is 31.7 Å². The summed E-state index contributed by atoms with van der Waals surface area (Å²) in [4.78, 5) is 22.8. The summed E-state index contributed by atoms with van der Waals surface area (Å²) < 4.78 is 28.8. The number of esters is 1. The topological polar surface area (TPSA) is 106 Å². The Bertz CT molecular complexity index is 710. The van der Waals surface area contributed by atoms with Gasteiger partial charge < -0.3 is 23.7 Å². The van der Waals surface area contributed by atoms with Crippen molar-refractivity contribution < 1.29 is 33.4 Å². The predicted molar refractivity (Wildman–Crippen MR) is 100 cm³/mol. The Morgan fingerprint density at radius 3 is 2.66 bits per heavy atom. The summed E-state index contributed by atoms with van der Waals surface area (Å²) in [6, 6.07) is 9.55. The molecule has 0 amide bonds. The molecule has 0 radical (unpaired) electrons. The van der Waals surface area contributed by atoms with Gasteiger partial charge in [-0.1, -0.05) is 30.3 Å². The second-order valence-corrected chi connectivity index (χ2v) is 7.61. The number of nitrogens with zero attached hydrogens (tertiary/aromatic N) is 1. The quantitative estimate of drug-likeness (QED) is 0.347. The maximum atomic E-state index is 12.0. The second-order valence-electron chi connectivity index (χ2n) is 7.61. The number of hydrogen-bond acceptors (Lipinski definition) is 8. The summed E-state index contributed by atoms with van der Waals surface area (Å²) in [6.07, 6.45) is -2.77. The molecule has 2 heterocycles. The van der Waals surface area contributed by atoms with Crippen molar-refractivity contribution >= 4 is 5.97 Å². The van der Waals surface area contributed by atoms with Gasteiger partial charge in [-0.3, -0.25) is 14.9 Å². The number of carbonyl (C=O) groups excluding carboxylic acids is 1. The van der Waals surface area contributed by atoms with Crippen molar-refractivity contribution in [3.8, 4) is 0 Å². The van der Waals surface area contributed by atoms with Crippen LogP contribution in [0.15, 0.2) is 30.3 Å². The minimum atomic E-state index is -0.853. The molecule has 3 rings (SSSR count). The molecule has 0 spiro atoms. The Labute approximate surface area is 169 Å². The van der Waals surface area contributed by atoms with Crippen molar-refractivity contribution in [3.05, 3.63) is 46.0 Å². The first-order valence-electron chi connectivity index (χ1n) is 9.73. The van der Waals surface area contributed by atoms with Crippen molar-refractivity contribution in [2.24, 2.45) is 5.92 Å². The van der Waals surface area contributed by atoms with Crippen LogP contribution in [0.4, 0.5) is 0 Å². The second kappa shape index (κ2) is 9.17. The summed E-state index contributed by atoms with van der Waals surface area (Å²) in [6.45, 7) is 5.26. The fourth-order valence-electron chi connectivity index (χ4n) is 3.75. The smallest absolute Gasteiger partial charge is 0.306 e. The van der Waals surface area contributed by atoms with Crippen molar-refractivity contribution in [3.63, 3.8) is 0 Å². The van der Waals surface area contributed by atoms with E-state index in [4.69, 9.17) is 23.7 Å². The molecule has 2 saturated heterocycles. The van der Waals surface area contributed by atoms with E-state index in [-0.39, 0.29) is 19.6 Å². The molecule has 5 atom stereocenters. The summed E-state index contributed by atoms with van der Waals surface area (Å²) in [5.41, 5.74) is 0.948. The first kappa shape index (κ1) is 21.6. The summed E-state index contributed by atoms with van der Waals surface area (Å²) in [5.74, 6) is -2.09. The lowest BCUT2D eigenvalue weighted by Crippen LogP contribution is -2.43. The Morgan fingerprint density at radius 2 is 2.00 bits per heavy atom. The van der Waals surface area contributed by atoms with E-state index in [0.717, 1.165) is 5.56 Å². The molecule has 0 saturated carbocycles. The minimum Gasteiger partial charge on any atom is -0.466 e. The fraction of sp³-hybridized carbons (Fsp3) is 0.650. The number of benzene rings is 1. The molecule has 29 heavy (non-hydrogen) atoms. The van der Waals surface area contributed by atoms with E-state index in [1.165, 1.54) is 0 Å². The molecule has 2 aliphatic heterocycles. The highest BCUT2D eigenvalue weighted by molar-refractivity contribution is 5.69. The third kappa shape index (κ3) is 5.51. The number of carbonyl (C=O) groups is 1. The molecule has 9 heteroatoms. The van der Waals surface area contributed by atoms with E-state index in [9.17, 15) is 14.9 Å². The van der Waals surface area contributed by atoms with Crippen LogP contribution >= 0.6 is 0 Å². The lowest BCUT2D eigenvalue weighted by molar-refractivity contribution is -0.491. The molecule has 0 unspecified atom stereocenters. The van der Waals surface area contributed by atoms with Gasteiger partial charge in [0.1, 0.15) is 12.2 Å². The number of ether oxygens (including phenoxy) is 5. The lowest BCUT2D eigenvalue weighted by Gasteiger charge is -2.29. The Hall–Kier alpha value is -2.07. The molecule has 0 aromatic heterocycles. The van der Waals surface area contributed by atoms with Crippen molar-refractivity contribution in [1.29, 1.82) is 0 Å². The van der Waals surface area contributed by atoms with Crippen molar-refractivity contribution in [2.75, 3.05) is 13.2 Å². The monoisotopic (exact) mass is 409 g/mol.